The van der Waals surface area contributed by atoms with Crippen LogP contribution in [-0.4, -0.2) is 13.6 Å². The van der Waals surface area contributed by atoms with Gasteiger partial charge in [-0.15, -0.1) is 0 Å². The van der Waals surface area contributed by atoms with Gasteiger partial charge in [0.2, 0.25) is 0 Å². The molecule has 0 aromatic carbocycles. The van der Waals surface area contributed by atoms with Crippen LogP contribution in [0.4, 0.5) is 0 Å². The van der Waals surface area contributed by atoms with Crippen LogP contribution < -0.4 is 5.32 Å². The predicted molar refractivity (Wildman–Crippen MR) is 46.0 cm³/mol. The summed E-state index contributed by atoms with van der Waals surface area (Å²) in [6.07, 6.45) is 2.66. The van der Waals surface area contributed by atoms with Crippen LogP contribution in [0.2, 0.25) is 0 Å². The van der Waals surface area contributed by atoms with E-state index < -0.39 is 0 Å². The second-order valence-electron chi connectivity index (χ2n) is 3.20. The van der Waals surface area contributed by atoms with E-state index in [1.54, 1.807) is 0 Å². The number of quaternary nitrogens is 1. The summed E-state index contributed by atoms with van der Waals surface area (Å²) < 4.78 is 0. The molecule has 0 amide bonds. The van der Waals surface area contributed by atoms with E-state index >= 15 is 0 Å². The normalized spacial score (nSPS) is 16.8. The molecule has 0 aromatic heterocycles. The Hall–Kier alpha value is -0.0400. The van der Waals surface area contributed by atoms with Gasteiger partial charge >= 0.3 is 0 Å². The molecule has 0 aromatic rings. The molecule has 0 heterocycles. The molecule has 0 aliphatic carbocycles. The number of rotatable bonds is 5. The van der Waals surface area contributed by atoms with Crippen LogP contribution >= 0.6 is 0 Å². The molecule has 0 aliphatic heterocycles. The summed E-state index contributed by atoms with van der Waals surface area (Å²) in [6.45, 7) is 8.23. The van der Waals surface area contributed by atoms with E-state index in [1.165, 1.54) is 19.4 Å². The average molecular weight is 144 g/mol. The first-order valence-electron chi connectivity index (χ1n) is 4.54. The zero-order chi connectivity index (χ0) is 7.98. The van der Waals surface area contributed by atoms with Crippen molar-refractivity contribution in [1.29, 1.82) is 0 Å². The predicted octanol–water partition coefficient (Wildman–Crippen LogP) is 1.25. The van der Waals surface area contributed by atoms with Crippen molar-refractivity contribution in [1.82, 2.24) is 0 Å². The van der Waals surface area contributed by atoms with Crippen LogP contribution in [0.25, 0.3) is 0 Å². The lowest BCUT2D eigenvalue weighted by molar-refractivity contribution is -0.634. The third kappa shape index (κ3) is 3.21. The van der Waals surface area contributed by atoms with Crippen LogP contribution in [0.1, 0.15) is 33.6 Å². The van der Waals surface area contributed by atoms with E-state index in [2.05, 4.69) is 33.1 Å². The summed E-state index contributed by atoms with van der Waals surface area (Å²) in [6, 6.07) is 0. The Bertz CT molecular complexity index is 71.1. The van der Waals surface area contributed by atoms with Crippen molar-refractivity contribution in [2.45, 2.75) is 33.6 Å². The minimum atomic E-state index is 0.904. The smallest absolute Gasteiger partial charge is 0.0784 e. The Morgan fingerprint density at radius 3 is 2.10 bits per heavy atom. The van der Waals surface area contributed by atoms with Crippen LogP contribution in [-0.2, 0) is 0 Å². The van der Waals surface area contributed by atoms with E-state index in [-0.39, 0.29) is 0 Å². The van der Waals surface area contributed by atoms with E-state index in [4.69, 9.17) is 0 Å². The maximum absolute atomic E-state index is 2.36. The summed E-state index contributed by atoms with van der Waals surface area (Å²) in [7, 11) is 2.16. The highest BCUT2D eigenvalue weighted by Crippen LogP contribution is 2.16. The molecule has 0 spiro atoms. The summed E-state index contributed by atoms with van der Waals surface area (Å²) in [4.78, 5) is 0. The first-order chi connectivity index (χ1) is 4.76. The molecule has 0 aliphatic rings. The van der Waals surface area contributed by atoms with Gasteiger partial charge in [0.25, 0.3) is 0 Å². The van der Waals surface area contributed by atoms with E-state index in [1.807, 2.05) is 0 Å². The second-order valence-corrected chi connectivity index (χ2v) is 3.20. The lowest BCUT2D eigenvalue weighted by atomic mass is 9.90. The van der Waals surface area contributed by atoms with Crippen molar-refractivity contribution in [3.8, 4) is 0 Å². The molecule has 0 rings (SSSR count). The van der Waals surface area contributed by atoms with Crippen molar-refractivity contribution in [2.24, 2.45) is 11.8 Å². The van der Waals surface area contributed by atoms with Crippen LogP contribution in [0.3, 0.4) is 0 Å². The van der Waals surface area contributed by atoms with Gasteiger partial charge < -0.3 is 5.32 Å². The molecular weight excluding hydrogens is 122 g/mol. The Kier molecular flexibility index (Phi) is 5.70. The zero-order valence-corrected chi connectivity index (χ0v) is 7.85. The molecule has 1 nitrogen and oxygen atoms in total. The van der Waals surface area contributed by atoms with Gasteiger partial charge in [0.05, 0.1) is 13.6 Å². The Morgan fingerprint density at radius 2 is 1.80 bits per heavy atom. The van der Waals surface area contributed by atoms with Crippen molar-refractivity contribution >= 4 is 0 Å². The second kappa shape index (κ2) is 5.72. The van der Waals surface area contributed by atoms with Gasteiger partial charge in [-0.3, -0.25) is 0 Å². The molecular formula is C9H22N+. The largest absolute Gasteiger partial charge is 0.348 e. The number of hydrogen-bond donors (Lipinski definition) is 1. The molecule has 0 saturated carbocycles. The summed E-state index contributed by atoms with van der Waals surface area (Å²) in [5.41, 5.74) is 0. The molecule has 0 radical (unpaired) electrons. The minimum Gasteiger partial charge on any atom is -0.348 e. The van der Waals surface area contributed by atoms with Crippen molar-refractivity contribution in [3.63, 3.8) is 0 Å². The van der Waals surface area contributed by atoms with E-state index in [9.17, 15) is 0 Å². The van der Waals surface area contributed by atoms with Crippen LogP contribution in [0.15, 0.2) is 0 Å². The van der Waals surface area contributed by atoms with E-state index in [0.717, 1.165) is 11.8 Å². The zero-order valence-electron chi connectivity index (χ0n) is 7.85. The highest BCUT2D eigenvalue weighted by molar-refractivity contribution is 4.61. The molecule has 0 saturated heterocycles. The first kappa shape index (κ1) is 9.96. The number of nitrogens with two attached hydrogens (primary N) is 1. The topological polar surface area (TPSA) is 16.6 Å². The van der Waals surface area contributed by atoms with Crippen LogP contribution in [0, 0.1) is 11.8 Å². The highest BCUT2D eigenvalue weighted by atomic mass is 14.8. The van der Waals surface area contributed by atoms with Gasteiger partial charge in [-0.05, 0) is 12.3 Å². The Morgan fingerprint density at radius 1 is 1.20 bits per heavy atom. The van der Waals surface area contributed by atoms with Gasteiger partial charge in [0, 0.05) is 5.92 Å². The van der Waals surface area contributed by atoms with E-state index in [0.29, 0.717) is 0 Å². The molecule has 0 fully saturated rings. The molecule has 62 valence electrons. The molecule has 2 atom stereocenters. The average Bonchev–Trinajstić information content (AvgIpc) is 1.99. The fourth-order valence-corrected chi connectivity index (χ4v) is 1.44. The Labute approximate surface area is 65.2 Å². The lowest BCUT2D eigenvalue weighted by Crippen LogP contribution is -2.81. The van der Waals surface area contributed by atoms with Gasteiger partial charge in [-0.25, -0.2) is 0 Å². The minimum absolute atomic E-state index is 0.904. The van der Waals surface area contributed by atoms with Gasteiger partial charge in [-0.2, -0.15) is 0 Å². The first-order valence-corrected chi connectivity index (χ1v) is 4.54. The lowest BCUT2D eigenvalue weighted by Gasteiger charge is -2.18. The SMILES string of the molecule is CCC(C)C(CC)C[NH2+]C. The molecule has 2 N–H and O–H groups in total. The highest BCUT2D eigenvalue weighted by Gasteiger charge is 2.13. The maximum atomic E-state index is 2.36. The monoisotopic (exact) mass is 144 g/mol. The summed E-state index contributed by atoms with van der Waals surface area (Å²) in [5, 5.41) is 2.29. The molecule has 0 bridgehead atoms. The van der Waals surface area contributed by atoms with Crippen molar-refractivity contribution in [3.05, 3.63) is 0 Å². The van der Waals surface area contributed by atoms with Gasteiger partial charge in [0.1, 0.15) is 0 Å². The van der Waals surface area contributed by atoms with Gasteiger partial charge in [-0.1, -0.05) is 27.2 Å². The third-order valence-corrected chi connectivity index (χ3v) is 2.51. The molecule has 1 heteroatoms. The summed E-state index contributed by atoms with van der Waals surface area (Å²) in [5.74, 6) is 1.83. The molecule has 10 heavy (non-hydrogen) atoms. The standard InChI is InChI=1S/C9H21N/c1-5-8(3)9(6-2)7-10-4/h8-10H,5-7H2,1-4H3/p+1. The fraction of sp³-hybridized carbons (Fsp3) is 1.00. The quantitative estimate of drug-likeness (QED) is 0.598. The number of hydrogen-bond acceptors (Lipinski definition) is 0. The van der Waals surface area contributed by atoms with Gasteiger partial charge in [0.15, 0.2) is 0 Å². The maximum Gasteiger partial charge on any atom is 0.0784 e. The fourth-order valence-electron chi connectivity index (χ4n) is 1.44. The van der Waals surface area contributed by atoms with Crippen molar-refractivity contribution < 1.29 is 5.32 Å². The van der Waals surface area contributed by atoms with Crippen molar-refractivity contribution in [2.75, 3.05) is 13.6 Å². The Balaban J connectivity index is 3.56. The van der Waals surface area contributed by atoms with Crippen LogP contribution in [0.5, 0.6) is 0 Å². The summed E-state index contributed by atoms with van der Waals surface area (Å²) >= 11 is 0. The third-order valence-electron chi connectivity index (χ3n) is 2.51. The molecule has 2 unspecified atom stereocenters.